The first kappa shape index (κ1) is 19.2. The molecule has 0 aromatic carbocycles. The Morgan fingerprint density at radius 2 is 2.04 bits per heavy atom. The van der Waals surface area contributed by atoms with Crippen molar-refractivity contribution in [3.05, 3.63) is 24.5 Å². The van der Waals surface area contributed by atoms with Gasteiger partial charge < -0.3 is 9.64 Å². The molecule has 1 aromatic rings. The number of likely N-dealkylation sites (N-methyl/N-ethyl adjacent to an activating group) is 1. The molecular weight excluding hydrogens is 356 g/mol. The summed E-state index contributed by atoms with van der Waals surface area (Å²) in [5.74, 6) is 0.154. The van der Waals surface area contributed by atoms with Gasteiger partial charge in [0.15, 0.2) is 0 Å². The number of hydrogen-bond donors (Lipinski definition) is 1. The third-order valence-corrected chi connectivity index (χ3v) is 6.62. The molecule has 3 rings (SSSR count). The van der Waals surface area contributed by atoms with Crippen molar-refractivity contribution in [1.29, 1.82) is 0 Å². The van der Waals surface area contributed by atoms with E-state index < -0.39 is 10.0 Å². The van der Waals surface area contributed by atoms with Crippen molar-refractivity contribution in [2.75, 3.05) is 39.9 Å². The van der Waals surface area contributed by atoms with E-state index in [1.54, 1.807) is 12.3 Å². The van der Waals surface area contributed by atoms with Crippen LogP contribution in [0.1, 0.15) is 19.3 Å². The Bertz CT molecular complexity index is 707. The summed E-state index contributed by atoms with van der Waals surface area (Å²) in [7, 11) is -1.59. The van der Waals surface area contributed by atoms with Crippen LogP contribution in [0.15, 0.2) is 29.4 Å². The Hall–Kier alpha value is -1.55. The number of nitrogens with one attached hydrogen (secondary N) is 1. The van der Waals surface area contributed by atoms with Crippen LogP contribution in [0.2, 0.25) is 0 Å². The Balaban J connectivity index is 1.51. The molecule has 0 spiro atoms. The smallest absolute Gasteiger partial charge is 0.242 e. The first-order valence-corrected chi connectivity index (χ1v) is 10.4. The van der Waals surface area contributed by atoms with Gasteiger partial charge in [0.05, 0.1) is 13.2 Å². The molecule has 1 amide bonds. The highest BCUT2D eigenvalue weighted by atomic mass is 32.2. The summed E-state index contributed by atoms with van der Waals surface area (Å²) < 4.78 is 32.6. The van der Waals surface area contributed by atoms with Crippen molar-refractivity contribution >= 4 is 15.9 Å². The highest BCUT2D eigenvalue weighted by molar-refractivity contribution is 7.89. The van der Waals surface area contributed by atoms with E-state index in [-0.39, 0.29) is 22.9 Å². The van der Waals surface area contributed by atoms with Gasteiger partial charge in [0.25, 0.3) is 0 Å². The quantitative estimate of drug-likeness (QED) is 0.749. The maximum absolute atomic E-state index is 12.4. The van der Waals surface area contributed by atoms with Crippen LogP contribution < -0.4 is 4.72 Å². The van der Waals surface area contributed by atoms with Crippen LogP contribution in [0.3, 0.4) is 0 Å². The summed E-state index contributed by atoms with van der Waals surface area (Å²) in [5.41, 5.74) is 0. The monoisotopic (exact) mass is 382 g/mol. The minimum atomic E-state index is -3.56. The molecule has 26 heavy (non-hydrogen) atoms. The molecule has 8 nitrogen and oxygen atoms in total. The van der Waals surface area contributed by atoms with Crippen LogP contribution in [-0.2, 0) is 19.6 Å². The molecule has 144 valence electrons. The SMILES string of the molecule is CN1[C@@H](CC(=O)N2CCOCC2)CC[C@H]1CNS(=O)(=O)c1cccnc1. The van der Waals surface area contributed by atoms with Gasteiger partial charge in [-0.1, -0.05) is 0 Å². The first-order valence-electron chi connectivity index (χ1n) is 8.94. The fourth-order valence-corrected chi connectivity index (χ4v) is 4.56. The molecule has 2 saturated heterocycles. The summed E-state index contributed by atoms with van der Waals surface area (Å²) in [6, 6.07) is 3.36. The molecule has 9 heteroatoms. The van der Waals surface area contributed by atoms with Crippen molar-refractivity contribution in [2.24, 2.45) is 0 Å². The normalized spacial score (nSPS) is 24.7. The minimum absolute atomic E-state index is 0.0870. The Morgan fingerprint density at radius 3 is 2.73 bits per heavy atom. The number of carbonyl (C=O) groups is 1. The van der Waals surface area contributed by atoms with Crippen LogP contribution in [0.4, 0.5) is 0 Å². The molecule has 2 aliphatic rings. The van der Waals surface area contributed by atoms with E-state index in [9.17, 15) is 13.2 Å². The fraction of sp³-hybridized carbons (Fsp3) is 0.647. The van der Waals surface area contributed by atoms with E-state index in [1.165, 1.54) is 12.3 Å². The average Bonchev–Trinajstić information content (AvgIpc) is 3.01. The maximum Gasteiger partial charge on any atom is 0.242 e. The summed E-state index contributed by atoms with van der Waals surface area (Å²) >= 11 is 0. The number of sulfonamides is 1. The lowest BCUT2D eigenvalue weighted by Crippen LogP contribution is -2.45. The summed E-state index contributed by atoms with van der Waals surface area (Å²) in [6.07, 6.45) is 5.12. The number of ether oxygens (including phenoxy) is 1. The predicted molar refractivity (Wildman–Crippen MR) is 96.0 cm³/mol. The number of aromatic nitrogens is 1. The Kier molecular flexibility index (Phi) is 6.23. The topological polar surface area (TPSA) is 91.8 Å². The molecule has 2 atom stereocenters. The van der Waals surface area contributed by atoms with Crippen molar-refractivity contribution in [3.8, 4) is 0 Å². The van der Waals surface area contributed by atoms with E-state index in [2.05, 4.69) is 14.6 Å². The number of morpholine rings is 1. The molecule has 3 heterocycles. The van der Waals surface area contributed by atoms with Gasteiger partial charge in [0.2, 0.25) is 15.9 Å². The predicted octanol–water partition coefficient (Wildman–Crippen LogP) is 0.0716. The molecule has 0 saturated carbocycles. The van der Waals surface area contributed by atoms with Gasteiger partial charge in [0.1, 0.15) is 4.90 Å². The van der Waals surface area contributed by atoms with Crippen molar-refractivity contribution < 1.29 is 17.9 Å². The molecule has 2 fully saturated rings. The van der Waals surface area contributed by atoms with Gasteiger partial charge >= 0.3 is 0 Å². The molecule has 0 aliphatic carbocycles. The van der Waals surface area contributed by atoms with Crippen LogP contribution in [0, 0.1) is 0 Å². The van der Waals surface area contributed by atoms with Crippen molar-refractivity contribution in [1.82, 2.24) is 19.5 Å². The Labute approximate surface area is 154 Å². The number of likely N-dealkylation sites (tertiary alicyclic amines) is 1. The van der Waals surface area contributed by atoms with Crippen LogP contribution in [-0.4, -0.2) is 81.1 Å². The third kappa shape index (κ3) is 4.59. The van der Waals surface area contributed by atoms with Gasteiger partial charge in [0, 0.05) is 50.5 Å². The number of amides is 1. The van der Waals surface area contributed by atoms with Gasteiger partial charge in [-0.2, -0.15) is 0 Å². The lowest BCUT2D eigenvalue weighted by Gasteiger charge is -2.30. The second kappa shape index (κ2) is 8.43. The lowest BCUT2D eigenvalue weighted by molar-refractivity contribution is -0.136. The summed E-state index contributed by atoms with van der Waals surface area (Å²) in [5, 5.41) is 0. The highest BCUT2D eigenvalue weighted by Gasteiger charge is 2.33. The zero-order valence-electron chi connectivity index (χ0n) is 15.0. The molecule has 1 N–H and O–H groups in total. The number of pyridine rings is 1. The van der Waals surface area contributed by atoms with E-state index >= 15 is 0 Å². The van der Waals surface area contributed by atoms with Crippen LogP contribution >= 0.6 is 0 Å². The van der Waals surface area contributed by atoms with E-state index in [4.69, 9.17) is 4.74 Å². The lowest BCUT2D eigenvalue weighted by atomic mass is 10.1. The van der Waals surface area contributed by atoms with Gasteiger partial charge in [-0.3, -0.25) is 14.7 Å². The summed E-state index contributed by atoms with van der Waals surface area (Å²) in [4.78, 5) is 20.4. The molecular formula is C17H26N4O4S. The number of nitrogens with zero attached hydrogens (tertiary/aromatic N) is 3. The van der Waals surface area contributed by atoms with Gasteiger partial charge in [-0.25, -0.2) is 13.1 Å². The molecule has 0 unspecified atom stereocenters. The number of rotatable bonds is 6. The Morgan fingerprint density at radius 1 is 1.31 bits per heavy atom. The second-order valence-corrected chi connectivity index (χ2v) is 8.56. The van der Waals surface area contributed by atoms with E-state index in [0.717, 1.165) is 12.8 Å². The van der Waals surface area contributed by atoms with Crippen LogP contribution in [0.25, 0.3) is 0 Å². The molecule has 2 aliphatic heterocycles. The minimum Gasteiger partial charge on any atom is -0.378 e. The van der Waals surface area contributed by atoms with Gasteiger partial charge in [-0.05, 0) is 32.0 Å². The maximum atomic E-state index is 12.4. The number of carbonyl (C=O) groups excluding carboxylic acids is 1. The number of hydrogen-bond acceptors (Lipinski definition) is 6. The zero-order chi connectivity index (χ0) is 18.6. The summed E-state index contributed by atoms with van der Waals surface area (Å²) in [6.45, 7) is 2.85. The fourth-order valence-electron chi connectivity index (χ4n) is 3.52. The zero-order valence-corrected chi connectivity index (χ0v) is 15.8. The van der Waals surface area contributed by atoms with Crippen molar-refractivity contribution in [2.45, 2.75) is 36.2 Å². The average molecular weight is 382 g/mol. The standard InChI is InChI=1S/C17H26N4O4S/c1-20-14(11-17(22)21-7-9-25-10-8-21)4-5-15(20)12-19-26(23,24)16-3-2-6-18-13-16/h2-3,6,13-15,19H,4-5,7-12H2,1H3/t14-,15+/m1/s1. The van der Waals surface area contributed by atoms with Gasteiger partial charge in [-0.15, -0.1) is 0 Å². The van der Waals surface area contributed by atoms with Crippen molar-refractivity contribution in [3.63, 3.8) is 0 Å². The largest absolute Gasteiger partial charge is 0.378 e. The van der Waals surface area contributed by atoms with E-state index in [0.29, 0.717) is 39.3 Å². The molecule has 0 radical (unpaired) electrons. The van der Waals surface area contributed by atoms with Crippen LogP contribution in [0.5, 0.6) is 0 Å². The first-order chi connectivity index (χ1) is 12.5. The second-order valence-electron chi connectivity index (χ2n) is 6.79. The highest BCUT2D eigenvalue weighted by Crippen LogP contribution is 2.25. The molecule has 0 bridgehead atoms. The molecule has 1 aromatic heterocycles. The van der Waals surface area contributed by atoms with E-state index in [1.807, 2.05) is 11.9 Å². The third-order valence-electron chi connectivity index (χ3n) is 5.21.